The summed E-state index contributed by atoms with van der Waals surface area (Å²) in [5.41, 5.74) is 3.72. The Morgan fingerprint density at radius 2 is 1.65 bits per heavy atom. The summed E-state index contributed by atoms with van der Waals surface area (Å²) in [6.07, 6.45) is 0.742. The summed E-state index contributed by atoms with van der Waals surface area (Å²) >= 11 is 0. The molecule has 0 radical (unpaired) electrons. The van der Waals surface area contributed by atoms with Crippen molar-refractivity contribution in [3.05, 3.63) is 90.1 Å². The summed E-state index contributed by atoms with van der Waals surface area (Å²) in [6.45, 7) is 9.25. The molecule has 0 saturated heterocycles. The summed E-state index contributed by atoms with van der Waals surface area (Å²) in [7, 11) is 0. The lowest BCUT2D eigenvalue weighted by Gasteiger charge is -2.21. The minimum atomic E-state index is -0.765. The van der Waals surface area contributed by atoms with E-state index in [9.17, 15) is 9.59 Å². The number of carbonyl (C=O) groups is 2. The summed E-state index contributed by atoms with van der Waals surface area (Å²) in [6, 6.07) is 23.1. The van der Waals surface area contributed by atoms with Crippen molar-refractivity contribution in [1.29, 1.82) is 0 Å². The number of aryl methyl sites for hydroxylation is 1. The van der Waals surface area contributed by atoms with Crippen molar-refractivity contribution in [3.63, 3.8) is 0 Å². The Morgan fingerprint density at radius 1 is 0.946 bits per heavy atom. The molecule has 0 saturated carbocycles. The van der Waals surface area contributed by atoms with E-state index in [-0.39, 0.29) is 11.7 Å². The number of anilines is 1. The molecular weight excluding hydrogens is 466 g/mol. The minimum absolute atomic E-state index is 0.290. The van der Waals surface area contributed by atoms with Gasteiger partial charge < -0.3 is 24.3 Å². The lowest BCUT2D eigenvalue weighted by molar-refractivity contribution is -0.122. The van der Waals surface area contributed by atoms with Crippen LogP contribution in [0.4, 0.5) is 10.5 Å². The second-order valence-corrected chi connectivity index (χ2v) is 8.90. The topological polar surface area (TPSA) is 72.8 Å². The van der Waals surface area contributed by atoms with Crippen LogP contribution in [0.3, 0.4) is 0 Å². The van der Waals surface area contributed by atoms with Gasteiger partial charge in [0.1, 0.15) is 5.75 Å². The van der Waals surface area contributed by atoms with Gasteiger partial charge in [0.2, 0.25) is 0 Å². The van der Waals surface area contributed by atoms with Gasteiger partial charge in [0.25, 0.3) is 5.91 Å². The summed E-state index contributed by atoms with van der Waals surface area (Å²) in [5.74, 6) is 0.543. The van der Waals surface area contributed by atoms with Crippen LogP contribution in [-0.4, -0.2) is 40.7 Å². The molecule has 0 spiro atoms. The Balaban J connectivity index is 1.66. The molecule has 0 fully saturated rings. The predicted molar refractivity (Wildman–Crippen MR) is 146 cm³/mol. The van der Waals surface area contributed by atoms with Gasteiger partial charge in [-0.1, -0.05) is 48.0 Å². The van der Waals surface area contributed by atoms with Crippen molar-refractivity contribution in [2.45, 2.75) is 40.3 Å². The highest BCUT2D eigenvalue weighted by atomic mass is 16.6. The number of para-hydroxylation sites is 1. The third-order valence-electron chi connectivity index (χ3n) is 6.28. The molecule has 1 N–H and O–H groups in total. The third-order valence-corrected chi connectivity index (χ3v) is 6.28. The Morgan fingerprint density at radius 3 is 2.32 bits per heavy atom. The van der Waals surface area contributed by atoms with Crippen LogP contribution in [0.1, 0.15) is 31.9 Å². The van der Waals surface area contributed by atoms with Gasteiger partial charge in [0, 0.05) is 31.2 Å². The minimum Gasteiger partial charge on any atom is -0.481 e. The lowest BCUT2D eigenvalue weighted by atomic mass is 10.1. The van der Waals surface area contributed by atoms with Crippen LogP contribution in [0.15, 0.2) is 79.0 Å². The number of carbonyl (C=O) groups excluding carboxylic acids is 2. The van der Waals surface area contributed by atoms with E-state index in [1.165, 1.54) is 5.56 Å². The standard InChI is InChI=1S/C30H33N3O4/c1-5-32(6-2)30(35)37-27-17-16-26-25(18-19-33(26)20-23-14-12-21(3)13-15-23)28(27)31-29(34)22(4)36-24-10-8-7-9-11-24/h7-19,22H,5-6,20H2,1-4H3,(H,31,34). The van der Waals surface area contributed by atoms with Gasteiger partial charge in [-0.2, -0.15) is 0 Å². The fourth-order valence-electron chi connectivity index (χ4n) is 4.12. The maximum Gasteiger partial charge on any atom is 0.415 e. The van der Waals surface area contributed by atoms with Crippen molar-refractivity contribution < 1.29 is 19.1 Å². The molecule has 3 aromatic carbocycles. The van der Waals surface area contributed by atoms with E-state index < -0.39 is 12.2 Å². The van der Waals surface area contributed by atoms with Crippen LogP contribution in [-0.2, 0) is 11.3 Å². The molecule has 1 atom stereocenters. The Bertz CT molecular complexity index is 1360. The van der Waals surface area contributed by atoms with Gasteiger partial charge in [0.15, 0.2) is 11.9 Å². The highest BCUT2D eigenvalue weighted by Crippen LogP contribution is 2.35. The molecule has 0 aliphatic rings. The first-order valence-electron chi connectivity index (χ1n) is 12.6. The van der Waals surface area contributed by atoms with Gasteiger partial charge in [-0.3, -0.25) is 4.79 Å². The van der Waals surface area contributed by atoms with E-state index in [4.69, 9.17) is 9.47 Å². The largest absolute Gasteiger partial charge is 0.481 e. The Labute approximate surface area is 217 Å². The molecule has 1 aromatic heterocycles. The van der Waals surface area contributed by atoms with E-state index >= 15 is 0 Å². The van der Waals surface area contributed by atoms with Gasteiger partial charge in [-0.25, -0.2) is 4.79 Å². The molecule has 4 aromatic rings. The highest BCUT2D eigenvalue weighted by molar-refractivity contribution is 6.06. The van der Waals surface area contributed by atoms with E-state index in [0.29, 0.717) is 31.1 Å². The van der Waals surface area contributed by atoms with E-state index in [1.807, 2.05) is 50.4 Å². The molecule has 0 bridgehead atoms. The van der Waals surface area contributed by atoms with Gasteiger partial charge in [-0.15, -0.1) is 0 Å². The number of fused-ring (bicyclic) bond motifs is 1. The summed E-state index contributed by atoms with van der Waals surface area (Å²) in [4.78, 5) is 27.5. The lowest BCUT2D eigenvalue weighted by Crippen LogP contribution is -2.34. The SMILES string of the molecule is CCN(CC)C(=O)Oc1ccc2c(ccn2Cc2ccc(C)cc2)c1NC(=O)C(C)Oc1ccccc1. The first kappa shape index (κ1) is 25.8. The van der Waals surface area contributed by atoms with Gasteiger partial charge in [-0.05, 0) is 63.6 Å². The number of hydrogen-bond acceptors (Lipinski definition) is 4. The first-order valence-corrected chi connectivity index (χ1v) is 12.6. The molecule has 2 amide bonds. The molecule has 1 heterocycles. The number of nitrogens with zero attached hydrogens (tertiary/aromatic N) is 2. The Hall–Kier alpha value is -4.26. The van der Waals surface area contributed by atoms with Gasteiger partial charge in [0.05, 0.1) is 11.2 Å². The van der Waals surface area contributed by atoms with E-state index in [0.717, 1.165) is 16.5 Å². The number of hydrogen-bond donors (Lipinski definition) is 1. The van der Waals surface area contributed by atoms with Crippen molar-refractivity contribution in [1.82, 2.24) is 9.47 Å². The number of benzene rings is 3. The zero-order chi connectivity index (χ0) is 26.4. The molecule has 1 unspecified atom stereocenters. The molecule has 0 aliphatic heterocycles. The van der Waals surface area contributed by atoms with Crippen LogP contribution < -0.4 is 14.8 Å². The first-order chi connectivity index (χ1) is 17.9. The summed E-state index contributed by atoms with van der Waals surface area (Å²) in [5, 5.41) is 3.74. The fourth-order valence-corrected chi connectivity index (χ4v) is 4.12. The van der Waals surface area contributed by atoms with Crippen molar-refractivity contribution in [2.24, 2.45) is 0 Å². The normalized spacial score (nSPS) is 11.7. The number of amides is 2. The maximum absolute atomic E-state index is 13.2. The average Bonchev–Trinajstić information content (AvgIpc) is 3.30. The highest BCUT2D eigenvalue weighted by Gasteiger charge is 2.22. The predicted octanol–water partition coefficient (Wildman–Crippen LogP) is 6.24. The molecule has 4 rings (SSSR count). The van der Waals surface area contributed by atoms with Crippen LogP contribution in [0.2, 0.25) is 0 Å². The molecule has 7 nitrogen and oxygen atoms in total. The van der Waals surface area contributed by atoms with Crippen LogP contribution in [0.5, 0.6) is 11.5 Å². The van der Waals surface area contributed by atoms with Gasteiger partial charge >= 0.3 is 6.09 Å². The average molecular weight is 500 g/mol. The van der Waals surface area contributed by atoms with Crippen LogP contribution in [0, 0.1) is 6.92 Å². The maximum atomic E-state index is 13.2. The molecule has 37 heavy (non-hydrogen) atoms. The smallest absolute Gasteiger partial charge is 0.415 e. The fraction of sp³-hybridized carbons (Fsp3) is 0.267. The van der Waals surface area contributed by atoms with Crippen LogP contribution >= 0.6 is 0 Å². The quantitative estimate of drug-likeness (QED) is 0.296. The molecule has 0 aliphatic carbocycles. The monoisotopic (exact) mass is 499 g/mol. The third kappa shape index (κ3) is 6.12. The Kier molecular flexibility index (Phi) is 8.13. The molecular formula is C30H33N3O4. The number of ether oxygens (including phenoxy) is 2. The molecule has 7 heteroatoms. The zero-order valence-electron chi connectivity index (χ0n) is 21.7. The molecule has 192 valence electrons. The second kappa shape index (κ2) is 11.6. The number of rotatable bonds is 9. The van der Waals surface area contributed by atoms with Crippen molar-refractivity contribution in [2.75, 3.05) is 18.4 Å². The zero-order valence-corrected chi connectivity index (χ0v) is 21.7. The van der Waals surface area contributed by atoms with Crippen molar-refractivity contribution >= 4 is 28.6 Å². The van der Waals surface area contributed by atoms with Crippen LogP contribution in [0.25, 0.3) is 10.9 Å². The van der Waals surface area contributed by atoms with E-state index in [2.05, 4.69) is 41.1 Å². The van der Waals surface area contributed by atoms with Crippen molar-refractivity contribution in [3.8, 4) is 11.5 Å². The number of nitrogens with one attached hydrogen (secondary N) is 1. The number of aromatic nitrogens is 1. The second-order valence-electron chi connectivity index (χ2n) is 8.90. The van der Waals surface area contributed by atoms with E-state index in [1.54, 1.807) is 30.0 Å². The summed E-state index contributed by atoms with van der Waals surface area (Å²) < 4.78 is 13.7.